The first-order chi connectivity index (χ1) is 4.31. The average Bonchev–Trinajstić information content (AvgIpc) is 1.85. The molecule has 0 amide bonds. The molecule has 0 atom stereocenters. The Morgan fingerprint density at radius 1 is 1.56 bits per heavy atom. The molecule has 0 rings (SSSR count). The third-order valence-corrected chi connectivity index (χ3v) is 1.96. The minimum atomic E-state index is 0.982. The van der Waals surface area contributed by atoms with E-state index >= 15 is 0 Å². The third-order valence-electron chi connectivity index (χ3n) is 0.854. The van der Waals surface area contributed by atoms with E-state index in [1.165, 1.54) is 12.2 Å². The van der Waals surface area contributed by atoms with Gasteiger partial charge in [0.2, 0.25) is 0 Å². The smallest absolute Gasteiger partial charge is 0.0608 e. The normalized spacial score (nSPS) is 9.11. The summed E-state index contributed by atoms with van der Waals surface area (Å²) in [7, 11) is 0. The van der Waals surface area contributed by atoms with Crippen molar-refractivity contribution in [1.82, 2.24) is 5.32 Å². The maximum absolute atomic E-state index is 3.83. The van der Waals surface area contributed by atoms with Crippen LogP contribution < -0.4 is 5.32 Å². The van der Waals surface area contributed by atoms with Gasteiger partial charge in [-0.15, -0.1) is 11.8 Å². The highest BCUT2D eigenvalue weighted by Crippen LogP contribution is 2.09. The SMILES string of the molecule is C=C(NCC)SCCC. The standard InChI is InChI=1S/C7H15NS/c1-4-6-9-7(3)8-5-2/h8H,3-6H2,1-2H3. The molecule has 0 unspecified atom stereocenters. The topological polar surface area (TPSA) is 12.0 Å². The maximum atomic E-state index is 3.83. The van der Waals surface area contributed by atoms with E-state index in [0.29, 0.717) is 0 Å². The summed E-state index contributed by atoms with van der Waals surface area (Å²) in [5.41, 5.74) is 0. The zero-order chi connectivity index (χ0) is 7.11. The van der Waals surface area contributed by atoms with Crippen molar-refractivity contribution in [3.63, 3.8) is 0 Å². The predicted octanol–water partition coefficient (Wildman–Crippen LogP) is 2.21. The first kappa shape index (κ1) is 8.89. The second kappa shape index (κ2) is 6.02. The Balaban J connectivity index is 3.06. The lowest BCUT2D eigenvalue weighted by Gasteiger charge is -2.03. The Bertz CT molecular complexity index is 81.0. The van der Waals surface area contributed by atoms with Gasteiger partial charge in [-0.2, -0.15) is 0 Å². The van der Waals surface area contributed by atoms with Crippen LogP contribution in [0.3, 0.4) is 0 Å². The second-order valence-electron chi connectivity index (χ2n) is 1.80. The fourth-order valence-electron chi connectivity index (χ4n) is 0.473. The summed E-state index contributed by atoms with van der Waals surface area (Å²) in [5, 5.41) is 4.25. The molecule has 0 aromatic carbocycles. The highest BCUT2D eigenvalue weighted by atomic mass is 32.2. The summed E-state index contributed by atoms with van der Waals surface area (Å²) in [6.45, 7) is 9.07. The molecule has 0 aromatic heterocycles. The van der Waals surface area contributed by atoms with Gasteiger partial charge in [-0.1, -0.05) is 13.5 Å². The first-order valence-corrected chi connectivity index (χ1v) is 4.35. The van der Waals surface area contributed by atoms with Crippen molar-refractivity contribution >= 4 is 11.8 Å². The van der Waals surface area contributed by atoms with Crippen molar-refractivity contribution in [2.45, 2.75) is 20.3 Å². The Morgan fingerprint density at radius 3 is 2.67 bits per heavy atom. The van der Waals surface area contributed by atoms with Gasteiger partial charge in [0, 0.05) is 6.54 Å². The number of hydrogen-bond acceptors (Lipinski definition) is 2. The lowest BCUT2D eigenvalue weighted by molar-refractivity contribution is 0.907. The Hall–Kier alpha value is -0.110. The zero-order valence-corrected chi connectivity index (χ0v) is 7.05. The van der Waals surface area contributed by atoms with Gasteiger partial charge >= 0.3 is 0 Å². The molecule has 0 fully saturated rings. The summed E-state index contributed by atoms with van der Waals surface area (Å²) in [6.07, 6.45) is 1.22. The van der Waals surface area contributed by atoms with Gasteiger partial charge in [-0.25, -0.2) is 0 Å². The Kier molecular flexibility index (Phi) is 5.94. The lowest BCUT2D eigenvalue weighted by atomic mass is 10.6. The molecule has 2 heteroatoms. The van der Waals surface area contributed by atoms with Crippen LogP contribution in [-0.2, 0) is 0 Å². The molecule has 0 aliphatic rings. The fraction of sp³-hybridized carbons (Fsp3) is 0.714. The highest BCUT2D eigenvalue weighted by molar-refractivity contribution is 8.02. The molecule has 0 aromatic rings. The van der Waals surface area contributed by atoms with E-state index in [9.17, 15) is 0 Å². The van der Waals surface area contributed by atoms with Crippen LogP contribution in [-0.4, -0.2) is 12.3 Å². The fourth-order valence-corrected chi connectivity index (χ4v) is 1.17. The van der Waals surface area contributed by atoms with Gasteiger partial charge in [0.25, 0.3) is 0 Å². The monoisotopic (exact) mass is 145 g/mol. The van der Waals surface area contributed by atoms with Gasteiger partial charge in [0.15, 0.2) is 0 Å². The predicted molar refractivity (Wildman–Crippen MR) is 45.6 cm³/mol. The molecule has 0 aliphatic carbocycles. The van der Waals surface area contributed by atoms with Crippen molar-refractivity contribution in [3.8, 4) is 0 Å². The van der Waals surface area contributed by atoms with E-state index in [0.717, 1.165) is 11.6 Å². The van der Waals surface area contributed by atoms with E-state index in [2.05, 4.69) is 25.7 Å². The van der Waals surface area contributed by atoms with E-state index in [1.807, 2.05) is 0 Å². The number of hydrogen-bond donors (Lipinski definition) is 1. The van der Waals surface area contributed by atoms with Crippen molar-refractivity contribution in [2.75, 3.05) is 12.3 Å². The molecule has 0 spiro atoms. The molecule has 0 saturated heterocycles. The largest absolute Gasteiger partial charge is 0.381 e. The molecular weight excluding hydrogens is 130 g/mol. The molecule has 0 heterocycles. The molecular formula is C7H15NS. The number of thioether (sulfide) groups is 1. The van der Waals surface area contributed by atoms with Crippen molar-refractivity contribution in [1.29, 1.82) is 0 Å². The van der Waals surface area contributed by atoms with Crippen LogP contribution in [0.15, 0.2) is 11.6 Å². The lowest BCUT2D eigenvalue weighted by Crippen LogP contribution is -2.08. The summed E-state index contributed by atoms with van der Waals surface area (Å²) < 4.78 is 0. The van der Waals surface area contributed by atoms with Gasteiger partial charge in [0.05, 0.1) is 5.03 Å². The summed E-state index contributed by atoms with van der Waals surface area (Å²) in [5.74, 6) is 1.17. The molecule has 1 nitrogen and oxygen atoms in total. The molecule has 9 heavy (non-hydrogen) atoms. The minimum Gasteiger partial charge on any atom is -0.381 e. The number of rotatable bonds is 5. The van der Waals surface area contributed by atoms with Crippen LogP contribution in [0, 0.1) is 0 Å². The van der Waals surface area contributed by atoms with Crippen LogP contribution in [0.25, 0.3) is 0 Å². The van der Waals surface area contributed by atoms with E-state index in [1.54, 1.807) is 11.8 Å². The quantitative estimate of drug-likeness (QED) is 0.636. The van der Waals surface area contributed by atoms with Crippen LogP contribution in [0.5, 0.6) is 0 Å². The average molecular weight is 145 g/mol. The molecule has 1 N–H and O–H groups in total. The molecule has 0 saturated carbocycles. The zero-order valence-electron chi connectivity index (χ0n) is 6.24. The van der Waals surface area contributed by atoms with E-state index < -0.39 is 0 Å². The molecule has 0 bridgehead atoms. The highest BCUT2D eigenvalue weighted by Gasteiger charge is 1.88. The molecule has 0 aliphatic heterocycles. The van der Waals surface area contributed by atoms with Crippen LogP contribution in [0.2, 0.25) is 0 Å². The third kappa shape index (κ3) is 5.77. The molecule has 54 valence electrons. The van der Waals surface area contributed by atoms with Gasteiger partial charge in [-0.05, 0) is 19.1 Å². The van der Waals surface area contributed by atoms with Crippen molar-refractivity contribution in [2.24, 2.45) is 0 Å². The van der Waals surface area contributed by atoms with Crippen LogP contribution in [0.4, 0.5) is 0 Å². The second-order valence-corrected chi connectivity index (χ2v) is 2.99. The summed E-state index contributed by atoms with van der Waals surface area (Å²) >= 11 is 1.80. The van der Waals surface area contributed by atoms with Crippen LogP contribution in [0.1, 0.15) is 20.3 Å². The van der Waals surface area contributed by atoms with Gasteiger partial charge in [0.1, 0.15) is 0 Å². The van der Waals surface area contributed by atoms with E-state index in [-0.39, 0.29) is 0 Å². The summed E-state index contributed by atoms with van der Waals surface area (Å²) in [6, 6.07) is 0. The molecule has 0 radical (unpaired) electrons. The first-order valence-electron chi connectivity index (χ1n) is 3.36. The van der Waals surface area contributed by atoms with E-state index in [4.69, 9.17) is 0 Å². The van der Waals surface area contributed by atoms with Gasteiger partial charge < -0.3 is 5.32 Å². The maximum Gasteiger partial charge on any atom is 0.0608 e. The van der Waals surface area contributed by atoms with Crippen molar-refractivity contribution < 1.29 is 0 Å². The minimum absolute atomic E-state index is 0.982. The Labute approximate surface area is 61.9 Å². The van der Waals surface area contributed by atoms with Gasteiger partial charge in [-0.3, -0.25) is 0 Å². The Morgan fingerprint density at radius 2 is 2.22 bits per heavy atom. The summed E-state index contributed by atoms with van der Waals surface area (Å²) in [4.78, 5) is 0. The van der Waals surface area contributed by atoms with Crippen LogP contribution >= 0.6 is 11.8 Å². The number of nitrogens with one attached hydrogen (secondary N) is 1. The van der Waals surface area contributed by atoms with Crippen molar-refractivity contribution in [3.05, 3.63) is 11.6 Å².